The Labute approximate surface area is 220 Å². The molecule has 2 aromatic carbocycles. The largest absolute Gasteiger partial charge is 0.497 e. The first-order chi connectivity index (χ1) is 18.6. The molecular formula is C27H30N6O5. The van der Waals surface area contributed by atoms with Crippen molar-refractivity contribution in [3.63, 3.8) is 0 Å². The average Bonchev–Trinajstić information content (AvgIpc) is 3.32. The molecule has 2 aromatic heterocycles. The predicted molar refractivity (Wildman–Crippen MR) is 142 cm³/mol. The van der Waals surface area contributed by atoms with Crippen molar-refractivity contribution in [2.24, 2.45) is 0 Å². The van der Waals surface area contributed by atoms with Crippen LogP contribution in [0, 0.1) is 0 Å². The molecule has 0 saturated carbocycles. The SMILES string of the molecule is COc1ccc(C(=O)N2CCCN(c3c(-c4ccc(OC)c(OC)c4)cnc4ncnn34)CC2)c(OC)c1. The van der Waals surface area contributed by atoms with E-state index in [9.17, 15) is 4.79 Å². The van der Waals surface area contributed by atoms with Gasteiger partial charge in [-0.25, -0.2) is 4.98 Å². The third-order valence-electron chi connectivity index (χ3n) is 6.70. The molecule has 11 nitrogen and oxygen atoms in total. The van der Waals surface area contributed by atoms with Crippen LogP contribution in [0.15, 0.2) is 48.9 Å². The number of anilines is 1. The van der Waals surface area contributed by atoms with E-state index in [1.165, 1.54) is 6.33 Å². The molecule has 0 radical (unpaired) electrons. The Morgan fingerprint density at radius 1 is 0.816 bits per heavy atom. The van der Waals surface area contributed by atoms with Crippen molar-refractivity contribution in [3.05, 3.63) is 54.5 Å². The Balaban J connectivity index is 1.47. The number of hydrogen-bond donors (Lipinski definition) is 0. The summed E-state index contributed by atoms with van der Waals surface area (Å²) in [5, 5.41) is 4.46. The fraction of sp³-hybridized carbons (Fsp3) is 0.333. The zero-order chi connectivity index (χ0) is 26.6. The Bertz CT molecular complexity index is 1460. The first-order valence-electron chi connectivity index (χ1n) is 12.2. The molecule has 1 fully saturated rings. The van der Waals surface area contributed by atoms with Crippen molar-refractivity contribution >= 4 is 17.5 Å². The Hall–Kier alpha value is -4.54. The lowest BCUT2D eigenvalue weighted by Crippen LogP contribution is -2.36. The second kappa shape index (κ2) is 10.8. The highest BCUT2D eigenvalue weighted by molar-refractivity contribution is 5.97. The number of ether oxygens (including phenoxy) is 4. The van der Waals surface area contributed by atoms with E-state index in [-0.39, 0.29) is 5.91 Å². The van der Waals surface area contributed by atoms with Crippen LogP contribution < -0.4 is 23.8 Å². The standard InChI is InChI=1S/C27H30N6O5/c1-35-19-7-8-20(23(15-19)37-3)26(34)32-11-5-10-31(12-13-32)25-21(16-28-27-29-17-30-33(25)27)18-6-9-22(36-2)24(14-18)38-4/h6-9,14-17H,5,10-13H2,1-4H3. The monoisotopic (exact) mass is 518 g/mol. The summed E-state index contributed by atoms with van der Waals surface area (Å²) in [7, 11) is 6.36. The van der Waals surface area contributed by atoms with E-state index in [0.717, 1.165) is 29.9 Å². The van der Waals surface area contributed by atoms with Gasteiger partial charge in [-0.3, -0.25) is 4.79 Å². The number of methoxy groups -OCH3 is 4. The van der Waals surface area contributed by atoms with E-state index in [2.05, 4.69) is 20.0 Å². The van der Waals surface area contributed by atoms with Crippen molar-refractivity contribution in [1.82, 2.24) is 24.5 Å². The van der Waals surface area contributed by atoms with Gasteiger partial charge in [0.2, 0.25) is 0 Å². The van der Waals surface area contributed by atoms with E-state index in [1.54, 1.807) is 57.4 Å². The summed E-state index contributed by atoms with van der Waals surface area (Å²) in [5.41, 5.74) is 2.29. The molecule has 1 amide bonds. The van der Waals surface area contributed by atoms with E-state index in [4.69, 9.17) is 18.9 Å². The van der Waals surface area contributed by atoms with Crippen LogP contribution in [0.4, 0.5) is 5.82 Å². The maximum absolute atomic E-state index is 13.5. The molecule has 198 valence electrons. The van der Waals surface area contributed by atoms with Crippen molar-refractivity contribution in [2.75, 3.05) is 59.5 Å². The molecule has 3 heterocycles. The molecule has 11 heteroatoms. The second-order valence-corrected chi connectivity index (χ2v) is 8.74. The Morgan fingerprint density at radius 2 is 1.63 bits per heavy atom. The number of rotatable bonds is 7. The molecule has 0 N–H and O–H groups in total. The topological polar surface area (TPSA) is 104 Å². The lowest BCUT2D eigenvalue weighted by molar-refractivity contribution is 0.0763. The molecular weight excluding hydrogens is 488 g/mol. The number of aromatic nitrogens is 4. The first-order valence-corrected chi connectivity index (χ1v) is 12.2. The van der Waals surface area contributed by atoms with E-state index in [0.29, 0.717) is 54.0 Å². The predicted octanol–water partition coefficient (Wildman–Crippen LogP) is 3.18. The normalized spacial score (nSPS) is 13.8. The van der Waals surface area contributed by atoms with Gasteiger partial charge in [-0.2, -0.15) is 14.6 Å². The average molecular weight is 519 g/mol. The van der Waals surface area contributed by atoms with Crippen LogP contribution in [-0.4, -0.2) is 85.0 Å². The van der Waals surface area contributed by atoms with Gasteiger partial charge >= 0.3 is 0 Å². The van der Waals surface area contributed by atoms with Gasteiger partial charge in [0.25, 0.3) is 11.7 Å². The maximum Gasteiger partial charge on any atom is 0.257 e. The molecule has 38 heavy (non-hydrogen) atoms. The highest BCUT2D eigenvalue weighted by Crippen LogP contribution is 2.37. The zero-order valence-electron chi connectivity index (χ0n) is 21.9. The van der Waals surface area contributed by atoms with Crippen LogP contribution in [0.2, 0.25) is 0 Å². The van der Waals surface area contributed by atoms with E-state index in [1.807, 2.05) is 23.1 Å². The molecule has 0 spiro atoms. The molecule has 0 aliphatic carbocycles. The first kappa shape index (κ1) is 25.1. The number of nitrogens with zero attached hydrogens (tertiary/aromatic N) is 6. The highest BCUT2D eigenvalue weighted by Gasteiger charge is 2.26. The van der Waals surface area contributed by atoms with Gasteiger partial charge in [0, 0.05) is 44.0 Å². The Morgan fingerprint density at radius 3 is 2.39 bits per heavy atom. The van der Waals surface area contributed by atoms with Gasteiger partial charge in [-0.1, -0.05) is 6.07 Å². The van der Waals surface area contributed by atoms with Gasteiger partial charge in [0.15, 0.2) is 11.5 Å². The third-order valence-corrected chi connectivity index (χ3v) is 6.70. The summed E-state index contributed by atoms with van der Waals surface area (Å²) in [6, 6.07) is 11.0. The van der Waals surface area contributed by atoms with Gasteiger partial charge < -0.3 is 28.7 Å². The minimum Gasteiger partial charge on any atom is -0.497 e. The summed E-state index contributed by atoms with van der Waals surface area (Å²) in [6.45, 7) is 2.46. The highest BCUT2D eigenvalue weighted by atomic mass is 16.5. The maximum atomic E-state index is 13.5. The summed E-state index contributed by atoms with van der Waals surface area (Å²) >= 11 is 0. The molecule has 0 unspecified atom stereocenters. The molecule has 4 aromatic rings. The lowest BCUT2D eigenvalue weighted by atomic mass is 10.1. The van der Waals surface area contributed by atoms with Crippen molar-refractivity contribution < 1.29 is 23.7 Å². The molecule has 0 atom stereocenters. The van der Waals surface area contributed by atoms with Gasteiger partial charge in [0.05, 0.1) is 34.0 Å². The third kappa shape index (κ3) is 4.62. The van der Waals surface area contributed by atoms with Crippen LogP contribution in [-0.2, 0) is 0 Å². The van der Waals surface area contributed by atoms with Crippen molar-refractivity contribution in [1.29, 1.82) is 0 Å². The molecule has 5 rings (SSSR count). The van der Waals surface area contributed by atoms with Crippen molar-refractivity contribution in [2.45, 2.75) is 6.42 Å². The fourth-order valence-corrected chi connectivity index (χ4v) is 4.76. The fourth-order valence-electron chi connectivity index (χ4n) is 4.76. The summed E-state index contributed by atoms with van der Waals surface area (Å²) < 4.78 is 23.5. The van der Waals surface area contributed by atoms with E-state index >= 15 is 0 Å². The summed E-state index contributed by atoms with van der Waals surface area (Å²) in [5.74, 6) is 3.68. The van der Waals surface area contributed by atoms with Gasteiger partial charge in [0.1, 0.15) is 23.6 Å². The number of fused-ring (bicyclic) bond motifs is 1. The minimum atomic E-state index is -0.0768. The minimum absolute atomic E-state index is 0.0768. The lowest BCUT2D eigenvalue weighted by Gasteiger charge is -2.26. The molecule has 0 bridgehead atoms. The smallest absolute Gasteiger partial charge is 0.257 e. The van der Waals surface area contributed by atoms with Crippen LogP contribution in [0.5, 0.6) is 23.0 Å². The van der Waals surface area contributed by atoms with Crippen LogP contribution in [0.1, 0.15) is 16.8 Å². The number of hydrogen-bond acceptors (Lipinski definition) is 9. The number of benzene rings is 2. The number of carbonyl (C=O) groups is 1. The Kier molecular flexibility index (Phi) is 7.16. The van der Waals surface area contributed by atoms with Crippen LogP contribution in [0.3, 0.4) is 0 Å². The second-order valence-electron chi connectivity index (χ2n) is 8.74. The van der Waals surface area contributed by atoms with Crippen LogP contribution >= 0.6 is 0 Å². The number of amides is 1. The zero-order valence-corrected chi connectivity index (χ0v) is 21.9. The molecule has 1 saturated heterocycles. The molecule has 1 aliphatic heterocycles. The van der Waals surface area contributed by atoms with Gasteiger partial charge in [-0.15, -0.1) is 0 Å². The summed E-state index contributed by atoms with van der Waals surface area (Å²) in [6.07, 6.45) is 4.07. The van der Waals surface area contributed by atoms with Crippen LogP contribution in [0.25, 0.3) is 16.9 Å². The van der Waals surface area contributed by atoms with E-state index < -0.39 is 0 Å². The van der Waals surface area contributed by atoms with Gasteiger partial charge in [-0.05, 0) is 36.2 Å². The van der Waals surface area contributed by atoms with Crippen molar-refractivity contribution in [3.8, 4) is 34.1 Å². The quantitative estimate of drug-likeness (QED) is 0.365. The number of carbonyl (C=O) groups excluding carboxylic acids is 1. The molecule has 1 aliphatic rings. The summed E-state index contributed by atoms with van der Waals surface area (Å²) in [4.78, 5) is 26.4.